The van der Waals surface area contributed by atoms with Gasteiger partial charge in [0.1, 0.15) is 0 Å². The van der Waals surface area contributed by atoms with E-state index in [1.807, 2.05) is 4.90 Å². The van der Waals surface area contributed by atoms with Gasteiger partial charge in [-0.25, -0.2) is 0 Å². The Labute approximate surface area is 150 Å². The fourth-order valence-corrected chi connectivity index (χ4v) is 4.17. The number of hydrogen-bond donors (Lipinski definition) is 0. The summed E-state index contributed by atoms with van der Waals surface area (Å²) in [6.45, 7) is 11.7. The Morgan fingerprint density at radius 3 is 2.12 bits per heavy atom. The van der Waals surface area contributed by atoms with Crippen LogP contribution in [0.5, 0.6) is 0 Å². The third-order valence-electron chi connectivity index (χ3n) is 6.40. The predicted octanol–water partition coefficient (Wildman–Crippen LogP) is 1.80. The molecule has 3 aliphatic rings. The molecule has 5 nitrogen and oxygen atoms in total. The van der Waals surface area contributed by atoms with Crippen molar-refractivity contribution in [3.63, 3.8) is 0 Å². The predicted molar refractivity (Wildman–Crippen MR) is 99.1 cm³/mol. The molecule has 1 amide bonds. The summed E-state index contributed by atoms with van der Waals surface area (Å²) < 4.78 is 12.3. The summed E-state index contributed by atoms with van der Waals surface area (Å²) in [4.78, 5) is 16.1. The van der Waals surface area contributed by atoms with Crippen LogP contribution in [0.25, 0.3) is 0 Å². The fourth-order valence-electron chi connectivity index (χ4n) is 4.17. The van der Waals surface area contributed by atoms with Gasteiger partial charge < -0.3 is 19.1 Å². The van der Waals surface area contributed by atoms with E-state index in [0.29, 0.717) is 12.1 Å². The molecule has 0 spiro atoms. The topological polar surface area (TPSA) is 42.0 Å². The largest absolute Gasteiger partial charge is 0.494 e. The van der Waals surface area contributed by atoms with Gasteiger partial charge in [-0.05, 0) is 51.7 Å². The molecular formula is C19H27BN2O3. The number of anilines is 1. The van der Waals surface area contributed by atoms with Gasteiger partial charge in [0.2, 0.25) is 5.91 Å². The van der Waals surface area contributed by atoms with Crippen molar-refractivity contribution in [2.75, 3.05) is 18.0 Å². The molecule has 0 aromatic heterocycles. The summed E-state index contributed by atoms with van der Waals surface area (Å²) >= 11 is 0. The molecule has 2 bridgehead atoms. The Balaban J connectivity index is 1.47. The quantitative estimate of drug-likeness (QED) is 0.769. The molecule has 0 saturated carbocycles. The lowest BCUT2D eigenvalue weighted by Crippen LogP contribution is -2.48. The highest BCUT2D eigenvalue weighted by Gasteiger charge is 2.51. The van der Waals surface area contributed by atoms with Crippen molar-refractivity contribution in [3.05, 3.63) is 24.3 Å². The monoisotopic (exact) mass is 342 g/mol. The maximum absolute atomic E-state index is 11.7. The van der Waals surface area contributed by atoms with Crippen LogP contribution in [0.15, 0.2) is 24.3 Å². The number of likely N-dealkylation sites (tertiary alicyclic amines) is 1. The van der Waals surface area contributed by atoms with Crippen LogP contribution >= 0.6 is 0 Å². The minimum Gasteiger partial charge on any atom is -0.399 e. The summed E-state index contributed by atoms with van der Waals surface area (Å²) in [5, 5.41) is 0. The van der Waals surface area contributed by atoms with Crippen LogP contribution in [0, 0.1) is 0 Å². The summed E-state index contributed by atoms with van der Waals surface area (Å²) in [6.07, 6.45) is 1.08. The SMILES string of the molecule is CC(=O)N1C[C@@H]2C[C@H]1CN2c1ccc(B2OC(C)(C)C(C)(C)O2)cc1. The second-order valence-electron chi connectivity index (χ2n) is 8.55. The average molecular weight is 342 g/mol. The number of nitrogens with zero attached hydrogens (tertiary/aromatic N) is 2. The van der Waals surface area contributed by atoms with Gasteiger partial charge in [-0.15, -0.1) is 0 Å². The zero-order chi connectivity index (χ0) is 18.0. The molecule has 1 aromatic carbocycles. The van der Waals surface area contributed by atoms with Gasteiger partial charge in [0.05, 0.1) is 17.2 Å². The minimum atomic E-state index is -0.319. The van der Waals surface area contributed by atoms with E-state index in [9.17, 15) is 4.79 Å². The number of fused-ring (bicyclic) bond motifs is 2. The number of amides is 1. The van der Waals surface area contributed by atoms with Gasteiger partial charge in [-0.2, -0.15) is 0 Å². The van der Waals surface area contributed by atoms with Crippen LogP contribution in [0.4, 0.5) is 5.69 Å². The van der Waals surface area contributed by atoms with Gasteiger partial charge in [0, 0.05) is 31.7 Å². The van der Waals surface area contributed by atoms with Crippen LogP contribution in [-0.4, -0.2) is 54.3 Å². The lowest BCUT2D eigenvalue weighted by Gasteiger charge is -2.35. The van der Waals surface area contributed by atoms with E-state index in [0.717, 1.165) is 25.0 Å². The smallest absolute Gasteiger partial charge is 0.399 e. The van der Waals surface area contributed by atoms with E-state index in [-0.39, 0.29) is 24.2 Å². The van der Waals surface area contributed by atoms with E-state index >= 15 is 0 Å². The Kier molecular flexibility index (Phi) is 3.71. The molecule has 3 heterocycles. The molecule has 4 rings (SSSR count). The van der Waals surface area contributed by atoms with Gasteiger partial charge in [-0.1, -0.05) is 12.1 Å². The Morgan fingerprint density at radius 1 is 1.04 bits per heavy atom. The Bertz CT molecular complexity index is 672. The summed E-state index contributed by atoms with van der Waals surface area (Å²) in [6, 6.07) is 9.32. The first-order valence-electron chi connectivity index (χ1n) is 9.17. The van der Waals surface area contributed by atoms with Crippen molar-refractivity contribution in [1.82, 2.24) is 4.90 Å². The molecule has 25 heavy (non-hydrogen) atoms. The first kappa shape index (κ1) is 16.9. The van der Waals surface area contributed by atoms with Gasteiger partial charge in [0.15, 0.2) is 0 Å². The molecule has 0 unspecified atom stereocenters. The number of benzene rings is 1. The third kappa shape index (κ3) is 2.66. The lowest BCUT2D eigenvalue weighted by molar-refractivity contribution is -0.129. The summed E-state index contributed by atoms with van der Waals surface area (Å²) in [5.41, 5.74) is 1.63. The van der Waals surface area contributed by atoms with Crippen LogP contribution in [-0.2, 0) is 14.1 Å². The van der Waals surface area contributed by atoms with E-state index in [1.54, 1.807) is 6.92 Å². The van der Waals surface area contributed by atoms with Gasteiger partial charge in [0.25, 0.3) is 0 Å². The number of rotatable bonds is 2. The van der Waals surface area contributed by atoms with E-state index < -0.39 is 0 Å². The first-order valence-corrected chi connectivity index (χ1v) is 9.17. The van der Waals surface area contributed by atoms with Crippen molar-refractivity contribution >= 4 is 24.2 Å². The van der Waals surface area contributed by atoms with E-state index in [2.05, 4.69) is 56.9 Å². The van der Waals surface area contributed by atoms with Crippen LogP contribution in [0.1, 0.15) is 41.0 Å². The molecule has 3 aliphatic heterocycles. The third-order valence-corrected chi connectivity index (χ3v) is 6.40. The van der Waals surface area contributed by atoms with E-state index in [1.165, 1.54) is 5.69 Å². The molecule has 3 saturated heterocycles. The fraction of sp³-hybridized carbons (Fsp3) is 0.632. The molecule has 134 valence electrons. The Morgan fingerprint density at radius 2 is 1.64 bits per heavy atom. The summed E-state index contributed by atoms with van der Waals surface area (Å²) in [5.74, 6) is 0.197. The number of hydrogen-bond acceptors (Lipinski definition) is 4. The van der Waals surface area contributed by atoms with Crippen LogP contribution < -0.4 is 10.4 Å². The second-order valence-corrected chi connectivity index (χ2v) is 8.55. The van der Waals surface area contributed by atoms with Crippen molar-refractivity contribution in [2.45, 2.75) is 64.3 Å². The molecule has 6 heteroatoms. The molecule has 0 radical (unpaired) electrons. The van der Waals surface area contributed by atoms with Crippen LogP contribution in [0.3, 0.4) is 0 Å². The highest BCUT2D eigenvalue weighted by molar-refractivity contribution is 6.62. The van der Waals surface area contributed by atoms with Crippen molar-refractivity contribution in [1.29, 1.82) is 0 Å². The molecule has 1 aromatic rings. The minimum absolute atomic E-state index is 0.197. The van der Waals surface area contributed by atoms with Gasteiger partial charge in [-0.3, -0.25) is 4.79 Å². The average Bonchev–Trinajstić information content (AvgIpc) is 3.19. The van der Waals surface area contributed by atoms with E-state index in [4.69, 9.17) is 9.31 Å². The number of piperazine rings is 1. The molecule has 0 N–H and O–H groups in total. The highest BCUT2D eigenvalue weighted by atomic mass is 16.7. The lowest BCUT2D eigenvalue weighted by atomic mass is 9.79. The number of carbonyl (C=O) groups excluding carboxylic acids is 1. The molecular weight excluding hydrogens is 315 g/mol. The summed E-state index contributed by atoms with van der Waals surface area (Å²) in [7, 11) is -0.317. The van der Waals surface area contributed by atoms with Crippen molar-refractivity contribution in [3.8, 4) is 0 Å². The zero-order valence-corrected chi connectivity index (χ0v) is 15.8. The zero-order valence-electron chi connectivity index (χ0n) is 15.8. The maximum Gasteiger partial charge on any atom is 0.494 e. The molecule has 2 atom stereocenters. The second kappa shape index (κ2) is 5.48. The maximum atomic E-state index is 11.7. The van der Waals surface area contributed by atoms with Crippen molar-refractivity contribution in [2.24, 2.45) is 0 Å². The molecule has 0 aliphatic carbocycles. The highest BCUT2D eigenvalue weighted by Crippen LogP contribution is 2.37. The van der Waals surface area contributed by atoms with Crippen molar-refractivity contribution < 1.29 is 14.1 Å². The number of carbonyl (C=O) groups is 1. The van der Waals surface area contributed by atoms with Crippen LogP contribution in [0.2, 0.25) is 0 Å². The standard InChI is InChI=1S/C19H27BN2O3/c1-13(23)21-11-17-10-16(21)12-22(17)15-8-6-14(7-9-15)20-24-18(2,3)19(4,5)25-20/h6-9,16-17H,10-12H2,1-5H3/t16-,17-/m0/s1. The van der Waals surface area contributed by atoms with Gasteiger partial charge >= 0.3 is 7.12 Å². The first-order chi connectivity index (χ1) is 11.7. The molecule has 3 fully saturated rings. The Hall–Kier alpha value is -1.53. The normalized spacial score (nSPS) is 29.6.